The lowest BCUT2D eigenvalue weighted by Gasteiger charge is -2.22. The topological polar surface area (TPSA) is 73.8 Å². The molecule has 140 valence electrons. The van der Waals surface area contributed by atoms with Crippen LogP contribution in [-0.2, 0) is 10.0 Å². The van der Waals surface area contributed by atoms with Gasteiger partial charge < -0.3 is 10.2 Å². The van der Waals surface area contributed by atoms with E-state index in [1.54, 1.807) is 17.5 Å². The monoisotopic (exact) mass is 384 g/mol. The molecule has 2 atom stereocenters. The number of fused-ring (bicyclic) bond motifs is 1. The molecular formula is C17H28N4O2S2. The molecule has 2 heterocycles. The molecule has 2 fully saturated rings. The van der Waals surface area contributed by atoms with Crippen LogP contribution in [0.4, 0.5) is 0 Å². The number of aliphatic imine (C=N–C) groups is 1. The van der Waals surface area contributed by atoms with Crippen molar-refractivity contribution in [2.24, 2.45) is 16.8 Å². The molecule has 0 spiro atoms. The molecule has 3 rings (SSSR count). The summed E-state index contributed by atoms with van der Waals surface area (Å²) in [5.74, 6) is 2.53. The zero-order chi connectivity index (χ0) is 17.7. The van der Waals surface area contributed by atoms with Crippen LogP contribution in [0.25, 0.3) is 0 Å². The summed E-state index contributed by atoms with van der Waals surface area (Å²) < 4.78 is 27.2. The molecule has 1 saturated carbocycles. The van der Waals surface area contributed by atoms with Gasteiger partial charge >= 0.3 is 0 Å². The van der Waals surface area contributed by atoms with E-state index in [1.807, 2.05) is 0 Å². The molecule has 1 aliphatic carbocycles. The van der Waals surface area contributed by atoms with Crippen LogP contribution < -0.4 is 10.0 Å². The zero-order valence-corrected chi connectivity index (χ0v) is 16.4. The predicted octanol–water partition coefficient (Wildman–Crippen LogP) is 2.11. The molecule has 1 aromatic heterocycles. The maximum atomic E-state index is 12.1. The summed E-state index contributed by atoms with van der Waals surface area (Å²) in [5.41, 5.74) is 0. The van der Waals surface area contributed by atoms with Crippen LogP contribution in [0.5, 0.6) is 0 Å². The Bertz CT molecular complexity index is 659. The number of hydrogen-bond donors (Lipinski definition) is 2. The maximum Gasteiger partial charge on any atom is 0.250 e. The van der Waals surface area contributed by atoms with Gasteiger partial charge in [-0.25, -0.2) is 13.1 Å². The average Bonchev–Trinajstić information content (AvgIpc) is 3.27. The highest BCUT2D eigenvalue weighted by Crippen LogP contribution is 2.35. The van der Waals surface area contributed by atoms with Crippen LogP contribution in [0.1, 0.15) is 32.6 Å². The van der Waals surface area contributed by atoms with E-state index in [2.05, 4.69) is 26.9 Å². The van der Waals surface area contributed by atoms with Crippen molar-refractivity contribution < 1.29 is 8.42 Å². The Balaban J connectivity index is 1.54. The van der Waals surface area contributed by atoms with E-state index in [0.717, 1.165) is 37.4 Å². The Kier molecular flexibility index (Phi) is 6.35. The molecular weight excluding hydrogens is 356 g/mol. The van der Waals surface area contributed by atoms with Crippen molar-refractivity contribution in [1.29, 1.82) is 0 Å². The van der Waals surface area contributed by atoms with Crippen molar-refractivity contribution in [1.82, 2.24) is 14.9 Å². The second-order valence-electron chi connectivity index (χ2n) is 6.78. The molecule has 1 aliphatic heterocycles. The molecule has 2 N–H and O–H groups in total. The lowest BCUT2D eigenvalue weighted by atomic mass is 9.82. The van der Waals surface area contributed by atoms with Gasteiger partial charge in [-0.1, -0.05) is 18.9 Å². The first-order chi connectivity index (χ1) is 12.1. The number of rotatable bonds is 6. The summed E-state index contributed by atoms with van der Waals surface area (Å²) in [4.78, 5) is 7.00. The molecule has 1 aromatic rings. The number of guanidine groups is 1. The molecule has 0 aromatic carbocycles. The van der Waals surface area contributed by atoms with E-state index in [1.165, 1.54) is 37.0 Å². The first-order valence-corrected chi connectivity index (χ1v) is 11.5. The van der Waals surface area contributed by atoms with Gasteiger partial charge in [0.2, 0.25) is 10.0 Å². The number of nitrogens with one attached hydrogen (secondary N) is 2. The third kappa shape index (κ3) is 4.74. The van der Waals surface area contributed by atoms with Crippen molar-refractivity contribution in [3.8, 4) is 0 Å². The summed E-state index contributed by atoms with van der Waals surface area (Å²) >= 11 is 1.23. The van der Waals surface area contributed by atoms with E-state index in [-0.39, 0.29) is 0 Å². The Morgan fingerprint density at radius 3 is 2.64 bits per heavy atom. The fourth-order valence-corrected chi connectivity index (χ4v) is 5.89. The van der Waals surface area contributed by atoms with E-state index >= 15 is 0 Å². The van der Waals surface area contributed by atoms with Crippen molar-refractivity contribution in [2.45, 2.75) is 36.8 Å². The molecule has 2 unspecified atom stereocenters. The minimum Gasteiger partial charge on any atom is -0.357 e. The zero-order valence-electron chi connectivity index (χ0n) is 14.8. The highest BCUT2D eigenvalue weighted by atomic mass is 32.2. The third-order valence-electron chi connectivity index (χ3n) is 5.04. The Hall–Kier alpha value is -1.12. The highest BCUT2D eigenvalue weighted by molar-refractivity contribution is 7.91. The van der Waals surface area contributed by atoms with Gasteiger partial charge in [-0.15, -0.1) is 11.3 Å². The summed E-state index contributed by atoms with van der Waals surface area (Å²) in [7, 11) is -3.40. The van der Waals surface area contributed by atoms with Crippen molar-refractivity contribution in [2.75, 3.05) is 32.7 Å². The minimum atomic E-state index is -3.40. The van der Waals surface area contributed by atoms with Crippen LogP contribution in [0.15, 0.2) is 26.7 Å². The highest BCUT2D eigenvalue weighted by Gasteiger charge is 2.35. The Morgan fingerprint density at radius 1 is 1.32 bits per heavy atom. The van der Waals surface area contributed by atoms with Gasteiger partial charge in [0.05, 0.1) is 6.54 Å². The molecule has 0 bridgehead atoms. The normalized spacial score (nSPS) is 24.4. The summed E-state index contributed by atoms with van der Waals surface area (Å²) in [6, 6.07) is 3.36. The first-order valence-electron chi connectivity index (χ1n) is 9.16. The van der Waals surface area contributed by atoms with E-state index < -0.39 is 10.0 Å². The second-order valence-corrected chi connectivity index (χ2v) is 9.72. The van der Waals surface area contributed by atoms with Crippen LogP contribution in [0, 0.1) is 11.8 Å². The van der Waals surface area contributed by atoms with Gasteiger partial charge in [-0.3, -0.25) is 4.99 Å². The number of likely N-dealkylation sites (tertiary alicyclic amines) is 1. The van der Waals surface area contributed by atoms with E-state index in [4.69, 9.17) is 0 Å². The number of nitrogens with zero attached hydrogens (tertiary/aromatic N) is 2. The SMILES string of the molecule is CCNC(=NCCNS(=O)(=O)c1cccs1)N1CC2CCCCC2C1. The number of thiophene rings is 1. The van der Waals surface area contributed by atoms with E-state index in [9.17, 15) is 8.42 Å². The molecule has 2 aliphatic rings. The van der Waals surface area contributed by atoms with Crippen molar-refractivity contribution in [3.05, 3.63) is 17.5 Å². The standard InChI is InChI=1S/C17H28N4O2S2/c1-2-18-17(21-12-14-6-3-4-7-15(14)13-21)19-9-10-20-25(22,23)16-8-5-11-24-16/h5,8,11,14-15,20H,2-4,6-7,9-10,12-13H2,1H3,(H,18,19). The molecule has 0 amide bonds. The first kappa shape index (κ1) is 18.7. The van der Waals surface area contributed by atoms with Gasteiger partial charge in [0.1, 0.15) is 4.21 Å². The van der Waals surface area contributed by atoms with Crippen LogP contribution in [0.3, 0.4) is 0 Å². The summed E-state index contributed by atoms with van der Waals surface area (Å²) in [6.45, 7) is 5.81. The Labute approximate surface area is 154 Å². The van der Waals surface area contributed by atoms with Crippen molar-refractivity contribution in [3.63, 3.8) is 0 Å². The number of hydrogen-bond acceptors (Lipinski definition) is 4. The quantitative estimate of drug-likeness (QED) is 0.448. The third-order valence-corrected chi connectivity index (χ3v) is 7.89. The van der Waals surface area contributed by atoms with Gasteiger partial charge in [-0.2, -0.15) is 0 Å². The Morgan fingerprint density at radius 2 is 2.04 bits per heavy atom. The maximum absolute atomic E-state index is 12.1. The van der Waals surface area contributed by atoms with Gasteiger partial charge in [0.15, 0.2) is 5.96 Å². The predicted molar refractivity (Wildman–Crippen MR) is 103 cm³/mol. The fourth-order valence-electron chi connectivity index (χ4n) is 3.83. The molecule has 25 heavy (non-hydrogen) atoms. The average molecular weight is 385 g/mol. The molecule has 1 saturated heterocycles. The summed E-state index contributed by atoms with van der Waals surface area (Å²) in [6.07, 6.45) is 5.38. The van der Waals surface area contributed by atoms with Gasteiger partial charge in [0, 0.05) is 26.2 Å². The summed E-state index contributed by atoms with van der Waals surface area (Å²) in [5, 5.41) is 5.13. The van der Waals surface area contributed by atoms with Gasteiger partial charge in [0.25, 0.3) is 0 Å². The van der Waals surface area contributed by atoms with Crippen LogP contribution in [0.2, 0.25) is 0 Å². The minimum absolute atomic E-state index is 0.315. The molecule has 8 heteroatoms. The van der Waals surface area contributed by atoms with Crippen LogP contribution in [-0.4, -0.2) is 52.0 Å². The van der Waals surface area contributed by atoms with Gasteiger partial charge in [-0.05, 0) is 43.0 Å². The lowest BCUT2D eigenvalue weighted by molar-refractivity contribution is 0.299. The second kappa shape index (κ2) is 8.51. The van der Waals surface area contributed by atoms with E-state index in [0.29, 0.717) is 17.3 Å². The lowest BCUT2D eigenvalue weighted by Crippen LogP contribution is -2.40. The molecule has 6 nitrogen and oxygen atoms in total. The largest absolute Gasteiger partial charge is 0.357 e. The molecule has 0 radical (unpaired) electrons. The van der Waals surface area contributed by atoms with Crippen molar-refractivity contribution >= 4 is 27.3 Å². The smallest absolute Gasteiger partial charge is 0.250 e. The number of sulfonamides is 1. The fraction of sp³-hybridized carbons (Fsp3) is 0.706. The van der Waals surface area contributed by atoms with Crippen LogP contribution >= 0.6 is 11.3 Å².